The first-order chi connectivity index (χ1) is 10.1. The van der Waals surface area contributed by atoms with E-state index in [1.165, 1.54) is 24.0 Å². The van der Waals surface area contributed by atoms with Crippen LogP contribution >= 0.6 is 0 Å². The standard InChI is InChI=1S/C18H26N2O/c1-13(2)8-10-20(17-5-6-17)18(21)15-4-3-14-7-9-19-12-16(14)11-15/h3-4,11,13,17,19H,5-10,12H2,1-2H3. The molecular weight excluding hydrogens is 260 g/mol. The van der Waals surface area contributed by atoms with Crippen LogP contribution in [-0.4, -0.2) is 29.9 Å². The van der Waals surface area contributed by atoms with Crippen LogP contribution in [0.1, 0.15) is 54.6 Å². The van der Waals surface area contributed by atoms with Gasteiger partial charge < -0.3 is 10.2 Å². The molecule has 0 unspecified atom stereocenters. The Labute approximate surface area is 127 Å². The zero-order valence-electron chi connectivity index (χ0n) is 13.2. The molecule has 1 fully saturated rings. The van der Waals surface area contributed by atoms with Crippen LogP contribution in [0.15, 0.2) is 18.2 Å². The minimum absolute atomic E-state index is 0.228. The molecule has 0 atom stereocenters. The van der Waals surface area contributed by atoms with Crippen molar-refractivity contribution < 1.29 is 4.79 Å². The Bertz CT molecular complexity index is 520. The summed E-state index contributed by atoms with van der Waals surface area (Å²) in [4.78, 5) is 14.9. The van der Waals surface area contributed by atoms with E-state index in [0.717, 1.165) is 38.0 Å². The summed E-state index contributed by atoms with van der Waals surface area (Å²) in [5.74, 6) is 0.873. The van der Waals surface area contributed by atoms with Crippen LogP contribution in [-0.2, 0) is 13.0 Å². The molecule has 21 heavy (non-hydrogen) atoms. The minimum atomic E-state index is 0.228. The third kappa shape index (κ3) is 3.46. The summed E-state index contributed by atoms with van der Waals surface area (Å²) in [5, 5.41) is 3.39. The van der Waals surface area contributed by atoms with Crippen LogP contribution in [0.4, 0.5) is 0 Å². The Kier molecular flexibility index (Phi) is 4.29. The summed E-state index contributed by atoms with van der Waals surface area (Å²) in [6.45, 7) is 7.28. The van der Waals surface area contributed by atoms with Crippen LogP contribution in [0, 0.1) is 5.92 Å². The van der Waals surface area contributed by atoms with E-state index in [1.807, 2.05) is 6.07 Å². The van der Waals surface area contributed by atoms with Gasteiger partial charge in [0.15, 0.2) is 0 Å². The quantitative estimate of drug-likeness (QED) is 0.902. The molecule has 0 spiro atoms. The molecule has 3 nitrogen and oxygen atoms in total. The predicted octanol–water partition coefficient (Wildman–Crippen LogP) is 2.98. The lowest BCUT2D eigenvalue weighted by Gasteiger charge is -2.25. The van der Waals surface area contributed by atoms with E-state index in [-0.39, 0.29) is 5.91 Å². The van der Waals surface area contributed by atoms with Crippen molar-refractivity contribution in [2.24, 2.45) is 5.92 Å². The normalized spacial score (nSPS) is 17.7. The molecule has 0 radical (unpaired) electrons. The molecule has 1 heterocycles. The predicted molar refractivity (Wildman–Crippen MR) is 85.4 cm³/mol. The van der Waals surface area contributed by atoms with Crippen molar-refractivity contribution in [3.63, 3.8) is 0 Å². The molecule has 1 N–H and O–H groups in total. The second-order valence-corrected chi connectivity index (χ2v) is 6.82. The van der Waals surface area contributed by atoms with E-state index in [1.54, 1.807) is 0 Å². The van der Waals surface area contributed by atoms with Gasteiger partial charge >= 0.3 is 0 Å². The fraction of sp³-hybridized carbons (Fsp3) is 0.611. The van der Waals surface area contributed by atoms with Crippen molar-refractivity contribution in [1.29, 1.82) is 0 Å². The van der Waals surface area contributed by atoms with Crippen LogP contribution < -0.4 is 5.32 Å². The molecule has 3 heteroatoms. The Hall–Kier alpha value is -1.35. The average Bonchev–Trinajstić information content (AvgIpc) is 3.31. The average molecular weight is 286 g/mol. The molecular formula is C18H26N2O. The highest BCUT2D eigenvalue weighted by atomic mass is 16.2. The van der Waals surface area contributed by atoms with E-state index in [9.17, 15) is 4.79 Å². The second-order valence-electron chi connectivity index (χ2n) is 6.82. The van der Waals surface area contributed by atoms with E-state index < -0.39 is 0 Å². The molecule has 0 aromatic heterocycles. The Balaban J connectivity index is 1.75. The molecule has 114 valence electrons. The number of fused-ring (bicyclic) bond motifs is 1. The molecule has 1 aromatic rings. The van der Waals surface area contributed by atoms with Gasteiger partial charge in [0, 0.05) is 24.7 Å². The van der Waals surface area contributed by atoms with Gasteiger partial charge in [0.1, 0.15) is 0 Å². The summed E-state index contributed by atoms with van der Waals surface area (Å²) >= 11 is 0. The second kappa shape index (κ2) is 6.18. The molecule has 1 saturated carbocycles. The first-order valence-electron chi connectivity index (χ1n) is 8.28. The van der Waals surface area contributed by atoms with Gasteiger partial charge in [0.2, 0.25) is 0 Å². The highest BCUT2D eigenvalue weighted by Gasteiger charge is 2.33. The van der Waals surface area contributed by atoms with Crippen LogP contribution in [0.2, 0.25) is 0 Å². The Morgan fingerprint density at radius 1 is 1.33 bits per heavy atom. The maximum atomic E-state index is 12.8. The molecule has 1 aliphatic heterocycles. The van der Waals surface area contributed by atoms with Crippen LogP contribution in [0.25, 0.3) is 0 Å². The minimum Gasteiger partial charge on any atom is -0.336 e. The fourth-order valence-electron chi connectivity index (χ4n) is 3.01. The number of hydrogen-bond donors (Lipinski definition) is 1. The van der Waals surface area contributed by atoms with Crippen molar-refractivity contribution in [1.82, 2.24) is 10.2 Å². The first kappa shape index (κ1) is 14.6. The van der Waals surface area contributed by atoms with Gasteiger partial charge in [-0.05, 0) is 61.4 Å². The van der Waals surface area contributed by atoms with Gasteiger partial charge in [-0.15, -0.1) is 0 Å². The molecule has 1 aliphatic carbocycles. The lowest BCUT2D eigenvalue weighted by molar-refractivity contribution is 0.0735. The third-order valence-corrected chi connectivity index (χ3v) is 4.54. The maximum absolute atomic E-state index is 12.8. The van der Waals surface area contributed by atoms with E-state index in [2.05, 4.69) is 36.2 Å². The summed E-state index contributed by atoms with van der Waals surface area (Å²) in [6.07, 6.45) is 4.52. The van der Waals surface area contributed by atoms with E-state index in [0.29, 0.717) is 12.0 Å². The van der Waals surface area contributed by atoms with Gasteiger partial charge in [-0.3, -0.25) is 4.79 Å². The highest BCUT2D eigenvalue weighted by Crippen LogP contribution is 2.29. The van der Waals surface area contributed by atoms with Gasteiger partial charge in [-0.25, -0.2) is 0 Å². The zero-order chi connectivity index (χ0) is 14.8. The number of nitrogens with zero attached hydrogens (tertiary/aromatic N) is 1. The number of benzene rings is 1. The van der Waals surface area contributed by atoms with Crippen molar-refractivity contribution in [2.75, 3.05) is 13.1 Å². The molecule has 0 bridgehead atoms. The fourth-order valence-corrected chi connectivity index (χ4v) is 3.01. The number of carbonyl (C=O) groups is 1. The zero-order valence-corrected chi connectivity index (χ0v) is 13.2. The number of nitrogens with one attached hydrogen (secondary N) is 1. The van der Waals surface area contributed by atoms with Crippen molar-refractivity contribution in [3.8, 4) is 0 Å². The lowest BCUT2D eigenvalue weighted by Crippen LogP contribution is -2.35. The Morgan fingerprint density at radius 2 is 2.14 bits per heavy atom. The number of amides is 1. The van der Waals surface area contributed by atoms with Crippen molar-refractivity contribution in [2.45, 2.75) is 52.1 Å². The lowest BCUT2D eigenvalue weighted by atomic mass is 9.98. The molecule has 3 rings (SSSR count). The maximum Gasteiger partial charge on any atom is 0.254 e. The molecule has 0 saturated heterocycles. The van der Waals surface area contributed by atoms with E-state index >= 15 is 0 Å². The number of rotatable bonds is 5. The van der Waals surface area contributed by atoms with Gasteiger partial charge in [0.25, 0.3) is 5.91 Å². The van der Waals surface area contributed by atoms with Gasteiger partial charge in [0.05, 0.1) is 0 Å². The summed E-state index contributed by atoms with van der Waals surface area (Å²) < 4.78 is 0. The molecule has 1 aromatic carbocycles. The summed E-state index contributed by atoms with van der Waals surface area (Å²) in [6, 6.07) is 6.77. The Morgan fingerprint density at radius 3 is 2.86 bits per heavy atom. The monoisotopic (exact) mass is 286 g/mol. The van der Waals surface area contributed by atoms with Gasteiger partial charge in [-0.1, -0.05) is 19.9 Å². The summed E-state index contributed by atoms with van der Waals surface area (Å²) in [7, 11) is 0. The third-order valence-electron chi connectivity index (χ3n) is 4.54. The summed E-state index contributed by atoms with van der Waals surface area (Å²) in [5.41, 5.74) is 3.56. The smallest absolute Gasteiger partial charge is 0.254 e. The number of hydrogen-bond acceptors (Lipinski definition) is 2. The van der Waals surface area contributed by atoms with E-state index in [4.69, 9.17) is 0 Å². The number of carbonyl (C=O) groups excluding carboxylic acids is 1. The topological polar surface area (TPSA) is 32.3 Å². The molecule has 1 amide bonds. The van der Waals surface area contributed by atoms with Crippen molar-refractivity contribution in [3.05, 3.63) is 34.9 Å². The molecule has 2 aliphatic rings. The van der Waals surface area contributed by atoms with Crippen LogP contribution in [0.3, 0.4) is 0 Å². The van der Waals surface area contributed by atoms with Crippen LogP contribution in [0.5, 0.6) is 0 Å². The SMILES string of the molecule is CC(C)CCN(C(=O)c1ccc2c(c1)CNCC2)C1CC1. The van der Waals surface area contributed by atoms with Gasteiger partial charge in [-0.2, -0.15) is 0 Å². The first-order valence-corrected chi connectivity index (χ1v) is 8.28. The van der Waals surface area contributed by atoms with Crippen molar-refractivity contribution >= 4 is 5.91 Å². The highest BCUT2D eigenvalue weighted by molar-refractivity contribution is 5.95. The largest absolute Gasteiger partial charge is 0.336 e.